The van der Waals surface area contributed by atoms with Crippen LogP contribution in [-0.2, 0) is 0 Å². The number of nitrogens with one attached hydrogen (secondary N) is 1. The van der Waals surface area contributed by atoms with E-state index in [9.17, 15) is 4.79 Å². The summed E-state index contributed by atoms with van der Waals surface area (Å²) in [6.45, 7) is 10.2. The molecule has 0 saturated heterocycles. The van der Waals surface area contributed by atoms with Crippen LogP contribution in [0.2, 0.25) is 0 Å². The summed E-state index contributed by atoms with van der Waals surface area (Å²) in [5, 5.41) is 8.70. The first-order valence-electron chi connectivity index (χ1n) is 9.87. The Kier molecular flexibility index (Phi) is 8.34. The highest BCUT2D eigenvalue weighted by Gasteiger charge is 2.11. The minimum Gasteiger partial charge on any atom is -0.307 e. The van der Waals surface area contributed by atoms with Crippen LogP contribution in [0.3, 0.4) is 0 Å². The number of hydrogen-bond donors (Lipinski definition) is 1. The van der Waals surface area contributed by atoms with Crippen LogP contribution in [0.15, 0.2) is 72.0 Å². The Bertz CT molecular complexity index is 913. The first-order chi connectivity index (χ1) is 13.9. The summed E-state index contributed by atoms with van der Waals surface area (Å²) in [7, 11) is 0. The first kappa shape index (κ1) is 22.1. The normalized spacial score (nSPS) is 11.2. The van der Waals surface area contributed by atoms with Crippen molar-refractivity contribution in [2.45, 2.75) is 46.7 Å². The number of rotatable bonds is 6. The van der Waals surface area contributed by atoms with Crippen molar-refractivity contribution >= 4 is 12.0 Å². The first-order valence-corrected chi connectivity index (χ1v) is 9.87. The van der Waals surface area contributed by atoms with Crippen LogP contribution >= 0.6 is 0 Å². The molecule has 0 radical (unpaired) electrons. The van der Waals surface area contributed by atoms with Crippen molar-refractivity contribution in [1.82, 2.24) is 15.2 Å². The average molecular weight is 391 g/mol. The molecule has 0 atom stereocenters. The van der Waals surface area contributed by atoms with Crippen LogP contribution < -0.4 is 5.43 Å². The van der Waals surface area contributed by atoms with Gasteiger partial charge >= 0.3 is 0 Å². The highest BCUT2D eigenvalue weighted by molar-refractivity contribution is 5.98. The molecule has 5 nitrogen and oxygen atoms in total. The van der Waals surface area contributed by atoms with Crippen LogP contribution in [0, 0.1) is 0 Å². The predicted octanol–water partition coefficient (Wildman–Crippen LogP) is 5.35. The van der Waals surface area contributed by atoms with Crippen molar-refractivity contribution in [3.05, 3.63) is 78.0 Å². The van der Waals surface area contributed by atoms with Gasteiger partial charge in [0.15, 0.2) is 6.29 Å². The number of aromatic nitrogens is 2. The molecule has 0 saturated carbocycles. The van der Waals surface area contributed by atoms with E-state index in [0.29, 0.717) is 11.6 Å². The summed E-state index contributed by atoms with van der Waals surface area (Å²) in [5.41, 5.74) is 7.59. The molecule has 1 heterocycles. The fourth-order valence-corrected chi connectivity index (χ4v) is 2.55. The second-order valence-electron chi connectivity index (χ2n) is 7.34. The number of nitrogens with zero attached hydrogens (tertiary/aromatic N) is 3. The maximum Gasteiger partial charge on any atom is 0.153 e. The van der Waals surface area contributed by atoms with Gasteiger partial charge in [-0.05, 0) is 40.2 Å². The van der Waals surface area contributed by atoms with E-state index >= 15 is 0 Å². The second-order valence-corrected chi connectivity index (χ2v) is 7.34. The molecule has 0 aliphatic carbocycles. The molecule has 0 unspecified atom stereocenters. The Morgan fingerprint density at radius 2 is 1.59 bits per heavy atom. The van der Waals surface area contributed by atoms with E-state index in [-0.39, 0.29) is 6.04 Å². The maximum absolute atomic E-state index is 11.0. The summed E-state index contributed by atoms with van der Waals surface area (Å²) in [5.74, 6) is 0. The van der Waals surface area contributed by atoms with E-state index in [4.69, 9.17) is 0 Å². The topological polar surface area (TPSA) is 59.3 Å². The van der Waals surface area contributed by atoms with E-state index in [0.717, 1.165) is 28.8 Å². The van der Waals surface area contributed by atoms with E-state index in [1.807, 2.05) is 74.0 Å². The summed E-state index contributed by atoms with van der Waals surface area (Å²) in [6.07, 6.45) is 2.65. The summed E-state index contributed by atoms with van der Waals surface area (Å²) >= 11 is 0. The van der Waals surface area contributed by atoms with Gasteiger partial charge in [-0.1, -0.05) is 60.7 Å². The molecular weight excluding hydrogens is 360 g/mol. The molecule has 0 fully saturated rings. The van der Waals surface area contributed by atoms with Gasteiger partial charge in [-0.2, -0.15) is 10.2 Å². The van der Waals surface area contributed by atoms with Crippen LogP contribution in [0.4, 0.5) is 0 Å². The van der Waals surface area contributed by atoms with E-state index in [1.54, 1.807) is 6.20 Å². The third-order valence-electron chi connectivity index (χ3n) is 4.15. The molecule has 3 rings (SSSR count). The highest BCUT2D eigenvalue weighted by Crippen LogP contribution is 2.21. The third kappa shape index (κ3) is 6.71. The Balaban J connectivity index is 0.000000212. The van der Waals surface area contributed by atoms with E-state index in [2.05, 4.69) is 41.6 Å². The fourth-order valence-electron chi connectivity index (χ4n) is 2.55. The van der Waals surface area contributed by atoms with Crippen molar-refractivity contribution in [3.8, 4) is 11.3 Å². The smallest absolute Gasteiger partial charge is 0.153 e. The third-order valence-corrected chi connectivity index (χ3v) is 4.15. The molecule has 29 heavy (non-hydrogen) atoms. The van der Waals surface area contributed by atoms with E-state index in [1.165, 1.54) is 0 Å². The number of carbonyl (C=O) groups excluding carboxylic acids is 1. The van der Waals surface area contributed by atoms with Gasteiger partial charge in [-0.25, -0.2) is 0 Å². The molecule has 0 aliphatic heterocycles. The quantitative estimate of drug-likeness (QED) is 0.350. The average Bonchev–Trinajstić information content (AvgIpc) is 3.19. The van der Waals surface area contributed by atoms with Crippen molar-refractivity contribution in [2.75, 3.05) is 0 Å². The zero-order valence-corrected chi connectivity index (χ0v) is 17.8. The van der Waals surface area contributed by atoms with Gasteiger partial charge in [0.25, 0.3) is 0 Å². The van der Waals surface area contributed by atoms with Gasteiger partial charge in [-0.3, -0.25) is 9.48 Å². The van der Waals surface area contributed by atoms with Gasteiger partial charge < -0.3 is 5.43 Å². The van der Waals surface area contributed by atoms with Crippen molar-refractivity contribution in [3.63, 3.8) is 0 Å². The molecule has 2 aromatic carbocycles. The molecule has 0 aliphatic rings. The summed E-state index contributed by atoms with van der Waals surface area (Å²) in [4.78, 5) is 11.0. The van der Waals surface area contributed by atoms with Crippen LogP contribution in [0.5, 0.6) is 0 Å². The minimum atomic E-state index is 0.260. The van der Waals surface area contributed by atoms with Gasteiger partial charge in [0.1, 0.15) is 5.69 Å². The minimum absolute atomic E-state index is 0.260. The molecule has 5 heteroatoms. The molecule has 1 N–H and O–H groups in total. The van der Waals surface area contributed by atoms with Crippen LogP contribution in [-0.4, -0.2) is 27.8 Å². The number of aldehydes is 1. The summed E-state index contributed by atoms with van der Waals surface area (Å²) in [6, 6.07) is 20.6. The lowest BCUT2D eigenvalue weighted by atomic mass is 10.1. The second kappa shape index (κ2) is 11.0. The molecule has 1 aromatic heterocycles. The lowest BCUT2D eigenvalue weighted by molar-refractivity contribution is 0.112. The van der Waals surface area contributed by atoms with Gasteiger partial charge in [0.2, 0.25) is 0 Å². The largest absolute Gasteiger partial charge is 0.307 e. The molecular formula is C24H30N4O. The number of benzene rings is 2. The lowest BCUT2D eigenvalue weighted by Crippen LogP contribution is -2.17. The number of hydrazone groups is 1. The highest BCUT2D eigenvalue weighted by atomic mass is 16.1. The van der Waals surface area contributed by atoms with Crippen LogP contribution in [0.1, 0.15) is 56.6 Å². The standard InChI is InChI=1S/C13H14N2O.C11H16N2/c1-10(2)15-8-12(9-16)13(14-15)11-6-4-3-5-7-11;1-9(2)12-13-10(3)11-7-5-4-6-8-11/h3-10H,1-2H3;4-9,12H,1-3H3/b;13-10+. The molecule has 152 valence electrons. The van der Waals surface area contributed by atoms with Crippen molar-refractivity contribution in [1.29, 1.82) is 0 Å². The van der Waals surface area contributed by atoms with Crippen molar-refractivity contribution < 1.29 is 4.79 Å². The van der Waals surface area contributed by atoms with Gasteiger partial charge in [-0.15, -0.1) is 0 Å². The zero-order chi connectivity index (χ0) is 21.2. The molecule has 0 spiro atoms. The Morgan fingerprint density at radius 1 is 1.00 bits per heavy atom. The van der Waals surface area contributed by atoms with Crippen molar-refractivity contribution in [2.24, 2.45) is 5.10 Å². The molecule has 3 aromatic rings. The monoisotopic (exact) mass is 390 g/mol. The maximum atomic E-state index is 11.0. The number of carbonyl (C=O) groups is 1. The zero-order valence-electron chi connectivity index (χ0n) is 17.8. The Labute approximate surface area is 173 Å². The van der Waals surface area contributed by atoms with Gasteiger partial charge in [0, 0.05) is 23.8 Å². The fraction of sp³-hybridized carbons (Fsp3) is 0.292. The number of hydrogen-bond acceptors (Lipinski definition) is 4. The van der Waals surface area contributed by atoms with Gasteiger partial charge in [0.05, 0.1) is 11.3 Å². The van der Waals surface area contributed by atoms with E-state index < -0.39 is 0 Å². The Morgan fingerprint density at radius 3 is 2.10 bits per heavy atom. The lowest BCUT2D eigenvalue weighted by Gasteiger charge is -2.05. The Hall–Kier alpha value is -3.21. The molecule has 0 amide bonds. The predicted molar refractivity (Wildman–Crippen MR) is 120 cm³/mol. The van der Waals surface area contributed by atoms with Crippen LogP contribution in [0.25, 0.3) is 11.3 Å². The molecule has 0 bridgehead atoms. The summed E-state index contributed by atoms with van der Waals surface area (Å²) < 4.78 is 1.81. The SMILES string of the molecule is C/C(=N\NC(C)C)c1ccccc1.CC(C)n1cc(C=O)c(-c2ccccc2)n1.